The normalized spacial score (nSPS) is 9.25. The van der Waals surface area contributed by atoms with Crippen molar-refractivity contribution < 1.29 is 4.74 Å². The maximum absolute atomic E-state index is 5.00. The quantitative estimate of drug-likeness (QED) is 0.562. The van der Waals surface area contributed by atoms with Crippen LogP contribution in [-0.2, 0) is 0 Å². The lowest BCUT2D eigenvalue weighted by molar-refractivity contribution is 0.414. The number of methoxy groups -OCH3 is 1. The lowest BCUT2D eigenvalue weighted by Crippen LogP contribution is -1.78. The van der Waals surface area contributed by atoms with E-state index in [1.54, 1.807) is 18.4 Å². The molecule has 0 aromatic carbocycles. The van der Waals surface area contributed by atoms with Gasteiger partial charge in [0.2, 0.25) is 0 Å². The molecule has 0 saturated heterocycles. The van der Waals surface area contributed by atoms with E-state index in [0.29, 0.717) is 0 Å². The van der Waals surface area contributed by atoms with Crippen LogP contribution in [-0.4, -0.2) is 7.11 Å². The molecule has 1 aromatic rings. The van der Waals surface area contributed by atoms with Crippen molar-refractivity contribution >= 4 is 11.3 Å². The predicted octanol–water partition coefficient (Wildman–Crippen LogP) is 2.07. The van der Waals surface area contributed by atoms with Crippen LogP contribution in [0.4, 0.5) is 0 Å². The van der Waals surface area contributed by atoms with Crippen LogP contribution < -0.4 is 4.74 Å². The third-order valence-corrected chi connectivity index (χ3v) is 1.86. The Hall–Kier alpha value is -0.500. The fraction of sp³-hybridized carbons (Fsp3) is 0.333. The van der Waals surface area contributed by atoms with Gasteiger partial charge in [-0.2, -0.15) is 0 Å². The number of thiophene rings is 1. The van der Waals surface area contributed by atoms with Crippen LogP contribution in [0, 0.1) is 6.92 Å². The van der Waals surface area contributed by atoms with Crippen molar-refractivity contribution in [2.45, 2.75) is 6.92 Å². The second-order valence-corrected chi connectivity index (χ2v) is 2.67. The molecule has 1 rings (SSSR count). The van der Waals surface area contributed by atoms with Crippen molar-refractivity contribution in [1.82, 2.24) is 0 Å². The number of aryl methyl sites for hydroxylation is 1. The number of rotatable bonds is 1. The van der Waals surface area contributed by atoms with Crippen LogP contribution in [0.2, 0.25) is 0 Å². The van der Waals surface area contributed by atoms with Crippen molar-refractivity contribution in [3.8, 4) is 5.75 Å². The smallest absolute Gasteiger partial charge is 0.132 e. The van der Waals surface area contributed by atoms with Gasteiger partial charge in [-0.3, -0.25) is 0 Å². The topological polar surface area (TPSA) is 9.23 Å². The predicted molar refractivity (Wildman–Crippen MR) is 35.6 cm³/mol. The van der Waals surface area contributed by atoms with Crippen molar-refractivity contribution in [2.24, 2.45) is 0 Å². The Morgan fingerprint density at radius 2 is 2.38 bits per heavy atom. The lowest BCUT2D eigenvalue weighted by atomic mass is 10.5. The molecule has 1 heterocycles. The van der Waals surface area contributed by atoms with Gasteiger partial charge in [0.15, 0.2) is 0 Å². The third-order valence-electron chi connectivity index (χ3n) is 1.03. The van der Waals surface area contributed by atoms with Gasteiger partial charge in [-0.1, -0.05) is 0 Å². The van der Waals surface area contributed by atoms with E-state index < -0.39 is 0 Å². The van der Waals surface area contributed by atoms with Gasteiger partial charge < -0.3 is 4.74 Å². The molecule has 0 aliphatic heterocycles. The fourth-order valence-corrected chi connectivity index (χ4v) is 1.25. The summed E-state index contributed by atoms with van der Waals surface area (Å²) in [7, 11) is 1.69. The van der Waals surface area contributed by atoms with Crippen LogP contribution in [0.25, 0.3) is 0 Å². The van der Waals surface area contributed by atoms with Crippen molar-refractivity contribution in [1.29, 1.82) is 0 Å². The van der Waals surface area contributed by atoms with Crippen LogP contribution in [0.5, 0.6) is 5.75 Å². The van der Waals surface area contributed by atoms with Gasteiger partial charge >= 0.3 is 0 Å². The summed E-state index contributed by atoms with van der Waals surface area (Å²) in [6, 6.07) is 1.97. The van der Waals surface area contributed by atoms with Gasteiger partial charge in [0.05, 0.1) is 7.11 Å². The Labute approximate surface area is 52.9 Å². The van der Waals surface area contributed by atoms with E-state index in [9.17, 15) is 0 Å². The van der Waals surface area contributed by atoms with E-state index in [4.69, 9.17) is 4.74 Å². The highest BCUT2D eigenvalue weighted by Crippen LogP contribution is 2.21. The van der Waals surface area contributed by atoms with Crippen LogP contribution in [0.1, 0.15) is 4.88 Å². The molecule has 0 unspecified atom stereocenters. The monoisotopic (exact) mass is 128 g/mol. The second kappa shape index (κ2) is 2.18. The summed E-state index contributed by atoms with van der Waals surface area (Å²) in [5, 5.41) is 2.02. The third kappa shape index (κ3) is 0.842. The van der Waals surface area contributed by atoms with Crippen molar-refractivity contribution in [3.05, 3.63) is 16.3 Å². The van der Waals surface area contributed by atoms with Gasteiger partial charge in [0.25, 0.3) is 0 Å². The minimum atomic E-state index is 0.995. The minimum absolute atomic E-state index is 0.995. The first kappa shape index (κ1) is 5.63. The number of hydrogen-bond donors (Lipinski definition) is 0. The molecule has 2 heteroatoms. The molecule has 0 aliphatic carbocycles. The van der Waals surface area contributed by atoms with Crippen LogP contribution in [0.3, 0.4) is 0 Å². The zero-order valence-corrected chi connectivity index (χ0v) is 5.79. The Kier molecular flexibility index (Phi) is 1.53. The maximum atomic E-state index is 5.00. The van der Waals surface area contributed by atoms with Gasteiger partial charge in [-0.15, -0.1) is 11.3 Å². The molecule has 0 bridgehead atoms. The summed E-state index contributed by atoms with van der Waals surface area (Å²) in [5.74, 6) is 0.995. The standard InChI is InChI=1S/C6H8OS/c1-5-6(7-2)3-4-8-5/h3-4H,1-2H3. The Balaban J connectivity index is 2.92. The highest BCUT2D eigenvalue weighted by molar-refractivity contribution is 7.10. The van der Waals surface area contributed by atoms with E-state index in [1.165, 1.54) is 4.88 Å². The van der Waals surface area contributed by atoms with E-state index in [2.05, 4.69) is 0 Å². The first-order valence-corrected chi connectivity index (χ1v) is 3.30. The molecule has 1 aromatic heterocycles. The van der Waals surface area contributed by atoms with E-state index >= 15 is 0 Å². The summed E-state index contributed by atoms with van der Waals surface area (Å²) in [4.78, 5) is 1.24. The molecule has 0 amide bonds. The Bertz CT molecular complexity index is 169. The average molecular weight is 128 g/mol. The van der Waals surface area contributed by atoms with Gasteiger partial charge in [0, 0.05) is 4.88 Å². The first-order chi connectivity index (χ1) is 3.84. The Morgan fingerprint density at radius 3 is 2.62 bits per heavy atom. The lowest BCUT2D eigenvalue weighted by Gasteiger charge is -1.92. The second-order valence-electron chi connectivity index (χ2n) is 1.55. The molecule has 0 aliphatic rings. The largest absolute Gasteiger partial charge is 0.496 e. The van der Waals surface area contributed by atoms with Crippen molar-refractivity contribution in [3.63, 3.8) is 0 Å². The minimum Gasteiger partial charge on any atom is -0.496 e. The van der Waals surface area contributed by atoms with Gasteiger partial charge in [0.1, 0.15) is 5.75 Å². The zero-order valence-electron chi connectivity index (χ0n) is 4.97. The Morgan fingerprint density at radius 1 is 1.62 bits per heavy atom. The summed E-state index contributed by atoms with van der Waals surface area (Å²) >= 11 is 1.70. The number of hydrogen-bond acceptors (Lipinski definition) is 2. The van der Waals surface area contributed by atoms with Crippen LogP contribution >= 0.6 is 11.3 Å². The van der Waals surface area contributed by atoms with Gasteiger partial charge in [-0.05, 0) is 18.4 Å². The molecule has 1 nitrogen and oxygen atoms in total. The van der Waals surface area contributed by atoms with E-state index in [0.717, 1.165) is 5.75 Å². The first-order valence-electron chi connectivity index (χ1n) is 2.42. The molecule has 44 valence electrons. The summed E-state index contributed by atoms with van der Waals surface area (Å²) < 4.78 is 5.00. The van der Waals surface area contributed by atoms with E-state index in [1.807, 2.05) is 18.4 Å². The molecular weight excluding hydrogens is 120 g/mol. The molecule has 0 fully saturated rings. The molecule has 0 atom stereocenters. The molecular formula is C6H8OS. The molecule has 0 spiro atoms. The summed E-state index contributed by atoms with van der Waals surface area (Å²) in [5.41, 5.74) is 0. The highest BCUT2D eigenvalue weighted by atomic mass is 32.1. The highest BCUT2D eigenvalue weighted by Gasteiger charge is 1.94. The zero-order chi connectivity index (χ0) is 5.98. The van der Waals surface area contributed by atoms with Crippen LogP contribution in [0.15, 0.2) is 11.4 Å². The molecule has 8 heavy (non-hydrogen) atoms. The molecule has 0 radical (unpaired) electrons. The fourth-order valence-electron chi connectivity index (χ4n) is 0.585. The SMILES string of the molecule is COc1ccsc1C. The summed E-state index contributed by atoms with van der Waals surface area (Å²) in [6.45, 7) is 2.05. The number of ether oxygens (including phenoxy) is 1. The average Bonchev–Trinajstić information content (AvgIpc) is 2.14. The van der Waals surface area contributed by atoms with Crippen molar-refractivity contribution in [2.75, 3.05) is 7.11 Å². The summed E-state index contributed by atoms with van der Waals surface area (Å²) in [6.07, 6.45) is 0. The maximum Gasteiger partial charge on any atom is 0.132 e. The van der Waals surface area contributed by atoms with E-state index in [-0.39, 0.29) is 0 Å². The van der Waals surface area contributed by atoms with Gasteiger partial charge in [-0.25, -0.2) is 0 Å². The molecule has 0 N–H and O–H groups in total. The molecule has 0 saturated carbocycles.